The molecule has 1 unspecified atom stereocenters. The summed E-state index contributed by atoms with van der Waals surface area (Å²) in [7, 11) is -2.17. The molecule has 1 atom stereocenters. The fourth-order valence-corrected chi connectivity index (χ4v) is 2.39. The highest BCUT2D eigenvalue weighted by Crippen LogP contribution is 2.49. The standard InChI is InChI=1S/C16H15F3O2.BH3O3/c17-16(18,19)15(11-8-14(20)21)9-6-13(7-10-15)12-4-2-1-3-5-12;2-1(3)4/h1-7,9H,8,10-11H2,(H,20,21);2-4H. The van der Waals surface area contributed by atoms with Crippen LogP contribution in [0.2, 0.25) is 0 Å². The molecule has 1 aliphatic rings. The van der Waals surface area contributed by atoms with Crippen molar-refractivity contribution in [2.75, 3.05) is 0 Å². The molecule has 0 saturated carbocycles. The van der Waals surface area contributed by atoms with Crippen LogP contribution in [0.25, 0.3) is 5.57 Å². The van der Waals surface area contributed by atoms with Crippen LogP contribution in [0.4, 0.5) is 13.2 Å². The van der Waals surface area contributed by atoms with Gasteiger partial charge in [-0.05, 0) is 24.0 Å². The van der Waals surface area contributed by atoms with Crippen molar-refractivity contribution in [3.8, 4) is 0 Å². The van der Waals surface area contributed by atoms with Crippen molar-refractivity contribution < 1.29 is 38.1 Å². The summed E-state index contributed by atoms with van der Waals surface area (Å²) in [6.07, 6.45) is -1.56. The molecule has 0 radical (unpaired) electrons. The van der Waals surface area contributed by atoms with E-state index in [1.165, 1.54) is 12.2 Å². The van der Waals surface area contributed by atoms with E-state index in [1.54, 1.807) is 0 Å². The van der Waals surface area contributed by atoms with Crippen molar-refractivity contribution in [3.63, 3.8) is 0 Å². The lowest BCUT2D eigenvalue weighted by molar-refractivity contribution is -0.208. The van der Waals surface area contributed by atoms with Gasteiger partial charge in [-0.1, -0.05) is 48.6 Å². The second-order valence-corrected chi connectivity index (χ2v) is 5.46. The van der Waals surface area contributed by atoms with Gasteiger partial charge in [0.2, 0.25) is 0 Å². The van der Waals surface area contributed by atoms with Gasteiger partial charge < -0.3 is 20.2 Å². The lowest BCUT2D eigenvalue weighted by Gasteiger charge is -2.34. The van der Waals surface area contributed by atoms with Gasteiger partial charge in [-0.15, -0.1) is 0 Å². The molecule has 0 heterocycles. The van der Waals surface area contributed by atoms with Crippen molar-refractivity contribution in [3.05, 3.63) is 54.1 Å². The minimum absolute atomic E-state index is 0.232. The summed E-state index contributed by atoms with van der Waals surface area (Å²) in [4.78, 5) is 10.6. The molecule has 0 aromatic heterocycles. The molecule has 0 bridgehead atoms. The van der Waals surface area contributed by atoms with Crippen LogP contribution in [-0.4, -0.2) is 39.6 Å². The highest BCUT2D eigenvalue weighted by Gasteiger charge is 2.52. The summed E-state index contributed by atoms with van der Waals surface area (Å²) in [5, 5.41) is 30.1. The Hall–Kier alpha value is -2.10. The molecule has 25 heavy (non-hydrogen) atoms. The summed E-state index contributed by atoms with van der Waals surface area (Å²) in [6.45, 7) is 0. The zero-order chi connectivity index (χ0) is 19.1. The smallest absolute Gasteiger partial charge is 0.481 e. The lowest BCUT2D eigenvalue weighted by atomic mass is 9.75. The van der Waals surface area contributed by atoms with E-state index in [-0.39, 0.29) is 6.42 Å². The van der Waals surface area contributed by atoms with E-state index < -0.39 is 37.7 Å². The van der Waals surface area contributed by atoms with E-state index in [9.17, 15) is 18.0 Å². The summed E-state index contributed by atoms with van der Waals surface area (Å²) >= 11 is 0. The molecule has 1 aromatic rings. The monoisotopic (exact) mass is 358 g/mol. The minimum Gasteiger partial charge on any atom is -0.481 e. The predicted molar refractivity (Wildman–Crippen MR) is 85.9 cm³/mol. The number of hydrogen-bond acceptors (Lipinski definition) is 4. The first-order valence-corrected chi connectivity index (χ1v) is 7.35. The molecule has 9 heteroatoms. The van der Waals surface area contributed by atoms with Crippen LogP contribution in [-0.2, 0) is 4.79 Å². The van der Waals surface area contributed by atoms with Crippen LogP contribution >= 0.6 is 0 Å². The first kappa shape index (κ1) is 20.9. The van der Waals surface area contributed by atoms with Crippen LogP contribution < -0.4 is 0 Å². The maximum absolute atomic E-state index is 13.3. The van der Waals surface area contributed by atoms with Gasteiger partial charge in [-0.3, -0.25) is 4.79 Å². The van der Waals surface area contributed by atoms with Gasteiger partial charge in [0.1, 0.15) is 0 Å². The Balaban J connectivity index is 0.000000705. The Kier molecular flexibility index (Phi) is 7.41. The molecule has 0 aliphatic heterocycles. The molecule has 136 valence electrons. The van der Waals surface area contributed by atoms with Crippen LogP contribution in [0, 0.1) is 5.41 Å². The SMILES string of the molecule is O=C(O)CCC1(C(F)(F)F)C=CC(c2ccccc2)=CC1.OB(O)O. The second kappa shape index (κ2) is 8.84. The third-order valence-electron chi connectivity index (χ3n) is 3.72. The Morgan fingerprint density at radius 1 is 1.16 bits per heavy atom. The van der Waals surface area contributed by atoms with Crippen LogP contribution in [0.3, 0.4) is 0 Å². The second-order valence-electron chi connectivity index (χ2n) is 5.46. The molecule has 0 amide bonds. The molecular formula is C16H18BF3O5. The number of carboxylic acids is 1. The minimum atomic E-state index is -4.46. The number of rotatable bonds is 4. The number of halogens is 3. The number of allylic oxidation sites excluding steroid dienone is 4. The average molecular weight is 358 g/mol. The molecular weight excluding hydrogens is 340 g/mol. The molecule has 0 saturated heterocycles. The van der Waals surface area contributed by atoms with E-state index in [2.05, 4.69) is 0 Å². The van der Waals surface area contributed by atoms with Gasteiger partial charge in [0.05, 0.1) is 5.41 Å². The Labute approximate surface area is 142 Å². The highest BCUT2D eigenvalue weighted by atomic mass is 19.4. The van der Waals surface area contributed by atoms with E-state index in [0.717, 1.165) is 17.2 Å². The summed E-state index contributed by atoms with van der Waals surface area (Å²) in [5.74, 6) is -1.22. The number of alkyl halides is 3. The van der Waals surface area contributed by atoms with Gasteiger partial charge in [-0.25, -0.2) is 0 Å². The van der Waals surface area contributed by atoms with Crippen LogP contribution in [0.1, 0.15) is 24.8 Å². The Morgan fingerprint density at radius 2 is 1.72 bits per heavy atom. The maximum atomic E-state index is 13.3. The molecule has 4 N–H and O–H groups in total. The molecule has 1 aliphatic carbocycles. The van der Waals surface area contributed by atoms with Gasteiger partial charge in [-0.2, -0.15) is 13.2 Å². The summed E-state index contributed by atoms with van der Waals surface area (Å²) in [6, 6.07) is 9.13. The zero-order valence-electron chi connectivity index (χ0n) is 13.1. The van der Waals surface area contributed by atoms with Gasteiger partial charge >= 0.3 is 19.5 Å². The first-order chi connectivity index (χ1) is 11.6. The normalized spacial score (nSPS) is 19.5. The number of benzene rings is 1. The lowest BCUT2D eigenvalue weighted by Crippen LogP contribution is -2.37. The topological polar surface area (TPSA) is 98.0 Å². The van der Waals surface area contributed by atoms with Crippen molar-refractivity contribution in [1.82, 2.24) is 0 Å². The summed E-state index contributed by atoms with van der Waals surface area (Å²) in [5.41, 5.74) is -0.502. The van der Waals surface area contributed by atoms with Crippen LogP contribution in [0.5, 0.6) is 0 Å². The van der Waals surface area contributed by atoms with Gasteiger partial charge in [0.15, 0.2) is 0 Å². The summed E-state index contributed by atoms with van der Waals surface area (Å²) < 4.78 is 39.9. The third-order valence-corrected chi connectivity index (χ3v) is 3.72. The van der Waals surface area contributed by atoms with Crippen molar-refractivity contribution in [1.29, 1.82) is 0 Å². The first-order valence-electron chi connectivity index (χ1n) is 7.35. The molecule has 2 rings (SSSR count). The average Bonchev–Trinajstić information content (AvgIpc) is 2.52. The fourth-order valence-electron chi connectivity index (χ4n) is 2.39. The maximum Gasteiger partial charge on any atom is 0.631 e. The van der Waals surface area contributed by atoms with E-state index in [4.69, 9.17) is 20.2 Å². The number of carbonyl (C=O) groups is 1. The van der Waals surface area contributed by atoms with E-state index in [0.29, 0.717) is 0 Å². The van der Waals surface area contributed by atoms with Crippen molar-refractivity contribution in [2.24, 2.45) is 5.41 Å². The Morgan fingerprint density at radius 3 is 2.12 bits per heavy atom. The van der Waals surface area contributed by atoms with E-state index >= 15 is 0 Å². The predicted octanol–water partition coefficient (Wildman–Crippen LogP) is 2.39. The molecule has 0 fully saturated rings. The van der Waals surface area contributed by atoms with Gasteiger partial charge in [0, 0.05) is 6.42 Å². The largest absolute Gasteiger partial charge is 0.631 e. The molecule has 1 aromatic carbocycles. The van der Waals surface area contributed by atoms with Crippen molar-refractivity contribution >= 4 is 18.9 Å². The quantitative estimate of drug-likeness (QED) is 0.620. The van der Waals surface area contributed by atoms with Crippen molar-refractivity contribution in [2.45, 2.75) is 25.4 Å². The fraction of sp³-hybridized carbons (Fsp3) is 0.312. The zero-order valence-corrected chi connectivity index (χ0v) is 13.1. The highest BCUT2D eigenvalue weighted by molar-refractivity contribution is 6.30. The number of carboxylic acid groups (broad SMARTS) is 1. The van der Waals surface area contributed by atoms with Crippen LogP contribution in [0.15, 0.2) is 48.6 Å². The third kappa shape index (κ3) is 6.37. The molecule has 0 spiro atoms. The molecule has 5 nitrogen and oxygen atoms in total. The Bertz CT molecular complexity index is 626. The van der Waals surface area contributed by atoms with Gasteiger partial charge in [0.25, 0.3) is 0 Å². The number of aliphatic carboxylic acids is 1. The number of hydrogen-bond donors (Lipinski definition) is 4. The van der Waals surface area contributed by atoms with E-state index in [1.807, 2.05) is 30.3 Å².